The van der Waals surface area contributed by atoms with Crippen molar-refractivity contribution >= 4 is 11.6 Å². The van der Waals surface area contributed by atoms with E-state index in [2.05, 4.69) is 11.5 Å². The second-order valence-corrected chi connectivity index (χ2v) is 5.48. The summed E-state index contributed by atoms with van der Waals surface area (Å²) < 4.78 is 0. The SMILES string of the molecule is C=C(CCl)CN1CCC2CCCCC2C1. The number of likely N-dealkylation sites (tertiary alicyclic amines) is 1. The van der Waals surface area contributed by atoms with Crippen LogP contribution < -0.4 is 0 Å². The van der Waals surface area contributed by atoms with Crippen molar-refractivity contribution in [2.24, 2.45) is 11.8 Å². The third-order valence-electron chi connectivity index (χ3n) is 4.01. The van der Waals surface area contributed by atoms with Crippen LogP contribution in [0, 0.1) is 11.8 Å². The van der Waals surface area contributed by atoms with Gasteiger partial charge in [0.1, 0.15) is 0 Å². The van der Waals surface area contributed by atoms with E-state index in [4.69, 9.17) is 11.6 Å². The van der Waals surface area contributed by atoms with Gasteiger partial charge in [0.15, 0.2) is 0 Å². The van der Waals surface area contributed by atoms with Crippen LogP contribution >= 0.6 is 11.6 Å². The van der Waals surface area contributed by atoms with Gasteiger partial charge in [-0.1, -0.05) is 25.8 Å². The lowest BCUT2D eigenvalue weighted by Crippen LogP contribution is -2.42. The minimum atomic E-state index is 0.616. The molecule has 0 amide bonds. The van der Waals surface area contributed by atoms with E-state index >= 15 is 0 Å². The molecule has 1 aliphatic heterocycles. The zero-order valence-corrected chi connectivity index (χ0v) is 10.3. The predicted octanol–water partition coefficient (Wildman–Crippen LogP) is 3.29. The van der Waals surface area contributed by atoms with Gasteiger partial charge in [0, 0.05) is 19.0 Å². The van der Waals surface area contributed by atoms with Crippen LogP contribution in [0.3, 0.4) is 0 Å². The highest BCUT2D eigenvalue weighted by Crippen LogP contribution is 2.36. The normalized spacial score (nSPS) is 32.3. The maximum Gasteiger partial charge on any atom is 0.0443 e. The minimum absolute atomic E-state index is 0.616. The molecule has 2 rings (SSSR count). The highest BCUT2D eigenvalue weighted by Gasteiger charge is 2.30. The van der Waals surface area contributed by atoms with E-state index in [-0.39, 0.29) is 0 Å². The molecular formula is C13H22ClN. The molecule has 2 aliphatic rings. The fourth-order valence-electron chi connectivity index (χ4n) is 3.18. The third kappa shape index (κ3) is 2.98. The maximum absolute atomic E-state index is 5.78. The minimum Gasteiger partial charge on any atom is -0.299 e. The molecule has 0 bridgehead atoms. The average Bonchev–Trinajstić information content (AvgIpc) is 2.29. The molecule has 0 aromatic heterocycles. The standard InChI is InChI=1S/C13H22ClN/c1-11(8-14)9-15-7-6-12-4-2-3-5-13(12)10-15/h12-13H,1-10H2. The maximum atomic E-state index is 5.78. The fourth-order valence-corrected chi connectivity index (χ4v) is 3.26. The Morgan fingerprint density at radius 1 is 1.20 bits per heavy atom. The first-order chi connectivity index (χ1) is 7.29. The number of hydrogen-bond acceptors (Lipinski definition) is 1. The van der Waals surface area contributed by atoms with Crippen LogP contribution in [0.2, 0.25) is 0 Å². The number of nitrogens with zero attached hydrogens (tertiary/aromatic N) is 1. The molecule has 86 valence electrons. The van der Waals surface area contributed by atoms with Crippen LogP contribution in [0.5, 0.6) is 0 Å². The smallest absolute Gasteiger partial charge is 0.0443 e. The van der Waals surface area contributed by atoms with Crippen LogP contribution in [-0.2, 0) is 0 Å². The van der Waals surface area contributed by atoms with Crippen LogP contribution in [0.4, 0.5) is 0 Å². The number of rotatable bonds is 3. The first-order valence-corrected chi connectivity index (χ1v) is 6.78. The van der Waals surface area contributed by atoms with Crippen LogP contribution in [0.25, 0.3) is 0 Å². The molecule has 2 heteroatoms. The Bertz CT molecular complexity index is 227. The number of fused-ring (bicyclic) bond motifs is 1. The average molecular weight is 228 g/mol. The van der Waals surface area contributed by atoms with E-state index in [9.17, 15) is 0 Å². The summed E-state index contributed by atoms with van der Waals surface area (Å²) in [5.41, 5.74) is 1.17. The second-order valence-electron chi connectivity index (χ2n) is 5.21. The van der Waals surface area contributed by atoms with Gasteiger partial charge in [-0.3, -0.25) is 4.90 Å². The van der Waals surface area contributed by atoms with Gasteiger partial charge in [0.05, 0.1) is 0 Å². The third-order valence-corrected chi connectivity index (χ3v) is 4.39. The van der Waals surface area contributed by atoms with Gasteiger partial charge >= 0.3 is 0 Å². The number of halogens is 1. The zero-order valence-electron chi connectivity index (χ0n) is 9.55. The molecule has 15 heavy (non-hydrogen) atoms. The number of piperidine rings is 1. The molecule has 1 saturated heterocycles. The van der Waals surface area contributed by atoms with E-state index in [1.807, 2.05) is 0 Å². The largest absolute Gasteiger partial charge is 0.299 e. The molecule has 0 N–H and O–H groups in total. The van der Waals surface area contributed by atoms with Gasteiger partial charge in [-0.15, -0.1) is 11.6 Å². The fraction of sp³-hybridized carbons (Fsp3) is 0.846. The summed E-state index contributed by atoms with van der Waals surface area (Å²) >= 11 is 5.78. The van der Waals surface area contributed by atoms with Crippen LogP contribution in [0.15, 0.2) is 12.2 Å². The van der Waals surface area contributed by atoms with Gasteiger partial charge in [-0.05, 0) is 36.8 Å². The molecule has 0 aromatic rings. The summed E-state index contributed by atoms with van der Waals surface area (Å²) in [7, 11) is 0. The molecule has 0 aromatic carbocycles. The summed E-state index contributed by atoms with van der Waals surface area (Å²) in [6, 6.07) is 0. The lowest BCUT2D eigenvalue weighted by Gasteiger charge is -2.41. The molecule has 2 unspecified atom stereocenters. The van der Waals surface area contributed by atoms with Crippen molar-refractivity contribution < 1.29 is 0 Å². The Morgan fingerprint density at radius 2 is 1.93 bits per heavy atom. The van der Waals surface area contributed by atoms with Crippen molar-refractivity contribution in [2.75, 3.05) is 25.5 Å². The Morgan fingerprint density at radius 3 is 2.67 bits per heavy atom. The van der Waals surface area contributed by atoms with Gasteiger partial charge in [0.2, 0.25) is 0 Å². The van der Waals surface area contributed by atoms with Crippen molar-refractivity contribution in [1.29, 1.82) is 0 Å². The first-order valence-electron chi connectivity index (χ1n) is 6.24. The quantitative estimate of drug-likeness (QED) is 0.528. The van der Waals surface area contributed by atoms with Crippen molar-refractivity contribution in [1.82, 2.24) is 4.90 Å². The zero-order chi connectivity index (χ0) is 10.7. The van der Waals surface area contributed by atoms with E-state index in [1.165, 1.54) is 50.8 Å². The molecule has 1 aliphatic carbocycles. The number of hydrogen-bond donors (Lipinski definition) is 0. The van der Waals surface area contributed by atoms with Gasteiger partial charge < -0.3 is 0 Å². The van der Waals surface area contributed by atoms with E-state index < -0.39 is 0 Å². The Hall–Kier alpha value is -0.0100. The highest BCUT2D eigenvalue weighted by atomic mass is 35.5. The number of alkyl halides is 1. The molecule has 2 fully saturated rings. The first kappa shape index (κ1) is 11.5. The summed E-state index contributed by atoms with van der Waals surface area (Å²) in [6.07, 6.45) is 7.25. The van der Waals surface area contributed by atoms with Gasteiger partial charge in [-0.25, -0.2) is 0 Å². The lowest BCUT2D eigenvalue weighted by molar-refractivity contribution is 0.0936. The highest BCUT2D eigenvalue weighted by molar-refractivity contribution is 6.19. The van der Waals surface area contributed by atoms with Crippen LogP contribution in [0.1, 0.15) is 32.1 Å². The lowest BCUT2D eigenvalue weighted by atomic mass is 9.75. The van der Waals surface area contributed by atoms with E-state index in [1.54, 1.807) is 0 Å². The summed E-state index contributed by atoms with van der Waals surface area (Å²) in [6.45, 7) is 7.57. The Kier molecular flexibility index (Phi) is 4.10. The molecule has 2 atom stereocenters. The molecule has 0 spiro atoms. The second kappa shape index (κ2) is 5.36. The molecular weight excluding hydrogens is 206 g/mol. The van der Waals surface area contributed by atoms with Crippen LogP contribution in [-0.4, -0.2) is 30.4 Å². The van der Waals surface area contributed by atoms with E-state index in [0.717, 1.165) is 18.4 Å². The topological polar surface area (TPSA) is 3.24 Å². The molecule has 1 saturated carbocycles. The molecule has 1 heterocycles. The van der Waals surface area contributed by atoms with Crippen molar-refractivity contribution in [3.05, 3.63) is 12.2 Å². The Balaban J connectivity index is 1.83. The monoisotopic (exact) mass is 227 g/mol. The summed E-state index contributed by atoms with van der Waals surface area (Å²) in [5.74, 6) is 2.61. The Labute approximate surface area is 98.5 Å². The molecule has 1 nitrogen and oxygen atoms in total. The van der Waals surface area contributed by atoms with Crippen molar-refractivity contribution in [3.63, 3.8) is 0 Å². The summed E-state index contributed by atoms with van der Waals surface area (Å²) in [5, 5.41) is 0. The van der Waals surface area contributed by atoms with E-state index in [0.29, 0.717) is 5.88 Å². The summed E-state index contributed by atoms with van der Waals surface area (Å²) in [4.78, 5) is 2.55. The van der Waals surface area contributed by atoms with Gasteiger partial charge in [0.25, 0.3) is 0 Å². The molecule has 0 radical (unpaired) electrons. The predicted molar refractivity (Wildman–Crippen MR) is 66.4 cm³/mol. The van der Waals surface area contributed by atoms with Gasteiger partial charge in [-0.2, -0.15) is 0 Å². The van der Waals surface area contributed by atoms with Crippen molar-refractivity contribution in [2.45, 2.75) is 32.1 Å². The van der Waals surface area contributed by atoms with Crippen molar-refractivity contribution in [3.8, 4) is 0 Å².